The van der Waals surface area contributed by atoms with Crippen LogP contribution in [0, 0.1) is 5.92 Å². The van der Waals surface area contributed by atoms with Crippen LogP contribution in [-0.4, -0.2) is 74.1 Å². The van der Waals surface area contributed by atoms with Crippen molar-refractivity contribution in [1.82, 2.24) is 20.1 Å². The third kappa shape index (κ3) is 6.00. The number of guanidine groups is 1. The molecule has 0 spiro atoms. The molecule has 1 aromatic heterocycles. The molecule has 2 saturated heterocycles. The highest BCUT2D eigenvalue weighted by atomic mass is 127. The predicted molar refractivity (Wildman–Crippen MR) is 142 cm³/mol. The van der Waals surface area contributed by atoms with Crippen molar-refractivity contribution >= 4 is 46.7 Å². The van der Waals surface area contributed by atoms with E-state index in [0.29, 0.717) is 6.54 Å². The lowest BCUT2D eigenvalue weighted by Crippen LogP contribution is -2.40. The molecule has 0 aliphatic carbocycles. The highest BCUT2D eigenvalue weighted by Gasteiger charge is 2.27. The van der Waals surface area contributed by atoms with Crippen molar-refractivity contribution in [2.75, 3.05) is 58.3 Å². The second kappa shape index (κ2) is 11.3. The van der Waals surface area contributed by atoms with Crippen LogP contribution in [0.4, 0.5) is 5.82 Å². The van der Waals surface area contributed by atoms with Gasteiger partial charge in [-0.3, -0.25) is 0 Å². The van der Waals surface area contributed by atoms with Crippen molar-refractivity contribution in [1.29, 1.82) is 0 Å². The molecule has 1 unspecified atom stereocenters. The number of para-hydroxylation sites is 1. The van der Waals surface area contributed by atoms with Gasteiger partial charge in [-0.25, -0.2) is 9.98 Å². The molecule has 6 nitrogen and oxygen atoms in total. The summed E-state index contributed by atoms with van der Waals surface area (Å²) in [7, 11) is 4.08. The van der Waals surface area contributed by atoms with Crippen LogP contribution in [0.2, 0.25) is 0 Å². The standard InChI is InChI=1S/C24H36N6.HI/c1-4-25-24(30-14-11-19(18-30)17-29-12-7-8-13-29)26-16-20-15-23(28(2)3)27-22-10-6-5-9-21(20)22;/h5-6,9-10,15,19H,4,7-8,11-14,16-18H2,1-3H3,(H,25,26);1H. The van der Waals surface area contributed by atoms with E-state index < -0.39 is 0 Å². The lowest BCUT2D eigenvalue weighted by atomic mass is 10.1. The molecule has 7 heteroatoms. The van der Waals surface area contributed by atoms with E-state index >= 15 is 0 Å². The Morgan fingerprint density at radius 1 is 1.19 bits per heavy atom. The highest BCUT2D eigenvalue weighted by Crippen LogP contribution is 2.24. The number of fused-ring (bicyclic) bond motifs is 1. The maximum absolute atomic E-state index is 5.05. The van der Waals surface area contributed by atoms with E-state index in [1.54, 1.807) is 0 Å². The van der Waals surface area contributed by atoms with Crippen molar-refractivity contribution in [3.8, 4) is 0 Å². The van der Waals surface area contributed by atoms with E-state index in [4.69, 9.17) is 9.98 Å². The Bertz CT molecular complexity index is 877. The molecule has 1 N–H and O–H groups in total. The summed E-state index contributed by atoms with van der Waals surface area (Å²) in [6.07, 6.45) is 4.01. The third-order valence-corrected chi connectivity index (χ3v) is 6.28. The molecule has 31 heavy (non-hydrogen) atoms. The van der Waals surface area contributed by atoms with Crippen molar-refractivity contribution in [2.45, 2.75) is 32.7 Å². The number of likely N-dealkylation sites (tertiary alicyclic amines) is 2. The summed E-state index contributed by atoms with van der Waals surface area (Å²) in [5.74, 6) is 2.79. The van der Waals surface area contributed by atoms with Crippen LogP contribution in [0.5, 0.6) is 0 Å². The molecule has 2 fully saturated rings. The van der Waals surface area contributed by atoms with Gasteiger partial charge < -0.3 is 20.0 Å². The van der Waals surface area contributed by atoms with Gasteiger partial charge in [0.1, 0.15) is 5.82 Å². The maximum atomic E-state index is 5.05. The third-order valence-electron chi connectivity index (χ3n) is 6.28. The van der Waals surface area contributed by atoms with Crippen LogP contribution < -0.4 is 10.2 Å². The SMILES string of the molecule is CCNC(=NCc1cc(N(C)C)nc2ccccc12)N1CCC(CN2CCCC2)C1.I. The molecule has 2 aliphatic heterocycles. The number of rotatable bonds is 6. The minimum Gasteiger partial charge on any atom is -0.363 e. The average Bonchev–Trinajstić information content (AvgIpc) is 3.43. The fourth-order valence-electron chi connectivity index (χ4n) is 4.68. The van der Waals surface area contributed by atoms with E-state index in [0.717, 1.165) is 42.8 Å². The predicted octanol–water partition coefficient (Wildman–Crippen LogP) is 3.80. The first-order chi connectivity index (χ1) is 14.6. The minimum atomic E-state index is 0. The summed E-state index contributed by atoms with van der Waals surface area (Å²) in [5.41, 5.74) is 2.26. The Kier molecular flexibility index (Phi) is 8.77. The molecule has 0 saturated carbocycles. The molecular formula is C24H37IN6. The summed E-state index contributed by atoms with van der Waals surface area (Å²) < 4.78 is 0. The number of aromatic nitrogens is 1. The van der Waals surface area contributed by atoms with Crippen LogP contribution in [0.3, 0.4) is 0 Å². The smallest absolute Gasteiger partial charge is 0.194 e. The fraction of sp³-hybridized carbons (Fsp3) is 0.583. The molecule has 2 aliphatic rings. The summed E-state index contributed by atoms with van der Waals surface area (Å²) >= 11 is 0. The van der Waals surface area contributed by atoms with Gasteiger partial charge >= 0.3 is 0 Å². The normalized spacial score (nSPS) is 19.6. The number of benzene rings is 1. The lowest BCUT2D eigenvalue weighted by Gasteiger charge is -2.23. The van der Waals surface area contributed by atoms with Gasteiger partial charge in [0.25, 0.3) is 0 Å². The van der Waals surface area contributed by atoms with E-state index in [-0.39, 0.29) is 24.0 Å². The zero-order chi connectivity index (χ0) is 20.9. The molecular weight excluding hydrogens is 499 g/mol. The van der Waals surface area contributed by atoms with Gasteiger partial charge in [0.15, 0.2) is 5.96 Å². The van der Waals surface area contributed by atoms with Gasteiger partial charge in [0, 0.05) is 45.7 Å². The zero-order valence-electron chi connectivity index (χ0n) is 19.2. The summed E-state index contributed by atoms with van der Waals surface area (Å²) in [6.45, 7) is 9.75. The summed E-state index contributed by atoms with van der Waals surface area (Å²) in [6, 6.07) is 10.6. The minimum absolute atomic E-state index is 0. The van der Waals surface area contributed by atoms with E-state index in [1.807, 2.05) is 14.1 Å². The van der Waals surface area contributed by atoms with Crippen LogP contribution >= 0.6 is 24.0 Å². The van der Waals surface area contributed by atoms with Gasteiger partial charge in [0.05, 0.1) is 12.1 Å². The van der Waals surface area contributed by atoms with Gasteiger partial charge in [-0.15, -0.1) is 24.0 Å². The topological polar surface area (TPSA) is 47.0 Å². The van der Waals surface area contributed by atoms with Crippen molar-refractivity contribution in [3.05, 3.63) is 35.9 Å². The van der Waals surface area contributed by atoms with Gasteiger partial charge in [-0.2, -0.15) is 0 Å². The van der Waals surface area contributed by atoms with Crippen LogP contribution in [0.15, 0.2) is 35.3 Å². The number of hydrogen-bond acceptors (Lipinski definition) is 4. The van der Waals surface area contributed by atoms with Gasteiger partial charge in [0.2, 0.25) is 0 Å². The van der Waals surface area contributed by atoms with Crippen molar-refractivity contribution < 1.29 is 0 Å². The lowest BCUT2D eigenvalue weighted by molar-refractivity contribution is 0.281. The number of halogens is 1. The Labute approximate surface area is 204 Å². The fourth-order valence-corrected chi connectivity index (χ4v) is 4.68. The van der Waals surface area contributed by atoms with Crippen LogP contribution in [-0.2, 0) is 6.54 Å². The van der Waals surface area contributed by atoms with Crippen molar-refractivity contribution in [2.24, 2.45) is 10.9 Å². The number of anilines is 1. The second-order valence-corrected chi connectivity index (χ2v) is 8.83. The first-order valence-corrected chi connectivity index (χ1v) is 11.5. The molecule has 1 aromatic carbocycles. The maximum Gasteiger partial charge on any atom is 0.194 e. The molecule has 170 valence electrons. The largest absolute Gasteiger partial charge is 0.363 e. The highest BCUT2D eigenvalue weighted by molar-refractivity contribution is 14.0. The molecule has 1 atom stereocenters. The van der Waals surface area contributed by atoms with E-state index in [9.17, 15) is 0 Å². The zero-order valence-corrected chi connectivity index (χ0v) is 21.5. The monoisotopic (exact) mass is 536 g/mol. The van der Waals surface area contributed by atoms with Gasteiger partial charge in [-0.1, -0.05) is 18.2 Å². The van der Waals surface area contributed by atoms with Gasteiger partial charge in [-0.05, 0) is 62.9 Å². The Hall–Kier alpha value is -1.61. The molecule has 0 amide bonds. The first-order valence-electron chi connectivity index (χ1n) is 11.5. The molecule has 4 rings (SSSR count). The first kappa shape index (κ1) is 24.0. The number of nitrogens with one attached hydrogen (secondary N) is 1. The quantitative estimate of drug-likeness (QED) is 0.346. The number of aliphatic imine (C=N–C) groups is 1. The Balaban J connectivity index is 0.00000272. The van der Waals surface area contributed by atoms with Crippen LogP contribution in [0.25, 0.3) is 10.9 Å². The second-order valence-electron chi connectivity index (χ2n) is 8.83. The number of nitrogens with zero attached hydrogens (tertiary/aromatic N) is 5. The summed E-state index contributed by atoms with van der Waals surface area (Å²) in [5, 5.41) is 4.72. The Morgan fingerprint density at radius 3 is 2.71 bits per heavy atom. The van der Waals surface area contributed by atoms with E-state index in [2.05, 4.69) is 57.3 Å². The molecule has 2 aromatic rings. The molecule has 3 heterocycles. The van der Waals surface area contributed by atoms with E-state index in [1.165, 1.54) is 49.8 Å². The average molecular weight is 537 g/mol. The van der Waals surface area contributed by atoms with Crippen LogP contribution in [0.1, 0.15) is 31.7 Å². The molecule has 0 bridgehead atoms. The number of pyridine rings is 1. The Morgan fingerprint density at radius 2 is 1.97 bits per heavy atom. The van der Waals surface area contributed by atoms with Crippen molar-refractivity contribution in [3.63, 3.8) is 0 Å². The summed E-state index contributed by atoms with van der Waals surface area (Å²) in [4.78, 5) is 17.0. The number of hydrogen-bond donors (Lipinski definition) is 1. The molecule has 0 radical (unpaired) electrons.